The van der Waals surface area contributed by atoms with Crippen molar-refractivity contribution in [2.75, 3.05) is 0 Å². The zero-order chi connectivity index (χ0) is 10.6. The van der Waals surface area contributed by atoms with E-state index >= 15 is 0 Å². The minimum Gasteiger partial charge on any atom is -0.307 e. The summed E-state index contributed by atoms with van der Waals surface area (Å²) >= 11 is 0. The zero-order valence-corrected chi connectivity index (χ0v) is 7.86. The first-order valence-corrected chi connectivity index (χ1v) is 4.96. The van der Waals surface area contributed by atoms with Crippen LogP contribution in [-0.4, -0.2) is 16.2 Å². The molecule has 2 aliphatic heterocycles. The molecule has 1 fully saturated rings. The number of aromatic nitrogens is 2. The third-order valence-electron chi connectivity index (χ3n) is 3.19. The smallest absolute Gasteiger partial charge is 0.307 e. The van der Waals surface area contributed by atoms with Gasteiger partial charge < -0.3 is 5.32 Å². The molecule has 2 bridgehead atoms. The Morgan fingerprint density at radius 1 is 1.27 bits per heavy atom. The van der Waals surface area contributed by atoms with Gasteiger partial charge in [0, 0.05) is 29.8 Å². The Hall–Kier alpha value is -1.04. The highest BCUT2D eigenvalue weighted by molar-refractivity contribution is 5.35. The van der Waals surface area contributed by atoms with Gasteiger partial charge in [0.1, 0.15) is 0 Å². The number of rotatable bonds is 0. The topological polar surface area (TPSA) is 40.7 Å². The molecule has 3 nitrogen and oxygen atoms in total. The molecule has 0 unspecified atom stereocenters. The first-order valence-electron chi connectivity index (χ1n) is 4.96. The number of nitrogens with one attached hydrogen (secondary N) is 2. The highest BCUT2D eigenvalue weighted by Crippen LogP contribution is 2.41. The summed E-state index contributed by atoms with van der Waals surface area (Å²) in [5.74, 6) is 0. The molecule has 1 saturated heterocycles. The van der Waals surface area contributed by atoms with Gasteiger partial charge in [0.05, 0.1) is 0 Å². The van der Waals surface area contributed by atoms with E-state index in [4.69, 9.17) is 0 Å². The molecule has 0 aromatic carbocycles. The number of fused-ring (bicyclic) bond motifs is 4. The standard InChI is InChI=1S/C9H10F3N3/c10-9(11,12)8-7-5-2-1-4(13-5)3-6(7)14-15-8/h4-5,13H,1-3H2,(H,14,15)/t4-,5+/m0/s1. The van der Waals surface area contributed by atoms with Gasteiger partial charge in [0.15, 0.2) is 5.69 Å². The van der Waals surface area contributed by atoms with E-state index in [2.05, 4.69) is 15.5 Å². The number of nitrogens with zero attached hydrogens (tertiary/aromatic N) is 1. The maximum atomic E-state index is 12.6. The first kappa shape index (κ1) is 9.21. The Morgan fingerprint density at radius 2 is 2.07 bits per heavy atom. The summed E-state index contributed by atoms with van der Waals surface area (Å²) in [5.41, 5.74) is 0.264. The number of hydrogen-bond donors (Lipinski definition) is 2. The Balaban J connectivity index is 2.10. The van der Waals surface area contributed by atoms with Crippen LogP contribution in [0, 0.1) is 0 Å². The van der Waals surface area contributed by atoms with Crippen LogP contribution >= 0.6 is 0 Å². The monoisotopic (exact) mass is 217 g/mol. The predicted octanol–water partition coefficient (Wildman–Crippen LogP) is 1.78. The molecule has 1 aromatic rings. The molecule has 3 rings (SSSR count). The fourth-order valence-electron chi connectivity index (χ4n) is 2.59. The number of hydrogen-bond acceptors (Lipinski definition) is 2. The van der Waals surface area contributed by atoms with Gasteiger partial charge in [-0.05, 0) is 12.8 Å². The lowest BCUT2D eigenvalue weighted by atomic mass is 10.00. The van der Waals surface area contributed by atoms with Crippen LogP contribution in [0.5, 0.6) is 0 Å². The normalized spacial score (nSPS) is 29.3. The van der Waals surface area contributed by atoms with Gasteiger partial charge in [0.25, 0.3) is 0 Å². The van der Waals surface area contributed by atoms with E-state index in [-0.39, 0.29) is 6.04 Å². The van der Waals surface area contributed by atoms with Crippen LogP contribution in [0.25, 0.3) is 0 Å². The van der Waals surface area contributed by atoms with Crippen molar-refractivity contribution in [2.45, 2.75) is 37.5 Å². The molecule has 0 aliphatic carbocycles. The molecule has 82 valence electrons. The molecule has 1 aromatic heterocycles. The molecule has 0 amide bonds. The molecule has 3 heterocycles. The number of H-pyrrole nitrogens is 1. The van der Waals surface area contributed by atoms with Crippen molar-refractivity contribution in [3.63, 3.8) is 0 Å². The second-order valence-corrected chi connectivity index (χ2v) is 4.16. The third-order valence-corrected chi connectivity index (χ3v) is 3.19. The molecule has 2 aliphatic rings. The summed E-state index contributed by atoms with van der Waals surface area (Å²) < 4.78 is 37.9. The summed E-state index contributed by atoms with van der Waals surface area (Å²) in [5, 5.41) is 9.11. The van der Waals surface area contributed by atoms with Gasteiger partial charge in [-0.15, -0.1) is 0 Å². The average Bonchev–Trinajstić information content (AvgIpc) is 2.70. The van der Waals surface area contributed by atoms with E-state index < -0.39 is 11.9 Å². The fourth-order valence-corrected chi connectivity index (χ4v) is 2.59. The number of alkyl halides is 3. The van der Waals surface area contributed by atoms with Crippen LogP contribution in [0.3, 0.4) is 0 Å². The lowest BCUT2D eigenvalue weighted by Crippen LogP contribution is -2.32. The van der Waals surface area contributed by atoms with E-state index in [0.717, 1.165) is 12.8 Å². The van der Waals surface area contributed by atoms with Crippen molar-refractivity contribution in [3.05, 3.63) is 17.0 Å². The summed E-state index contributed by atoms with van der Waals surface area (Å²) in [6.07, 6.45) is -1.99. The first-order chi connectivity index (χ1) is 7.05. The van der Waals surface area contributed by atoms with Crippen LogP contribution in [0.15, 0.2) is 0 Å². The Bertz CT molecular complexity index is 396. The molecular weight excluding hydrogens is 207 g/mol. The lowest BCUT2D eigenvalue weighted by Gasteiger charge is -2.22. The largest absolute Gasteiger partial charge is 0.435 e. The summed E-state index contributed by atoms with van der Waals surface area (Å²) in [6.45, 7) is 0. The highest BCUT2D eigenvalue weighted by atomic mass is 19.4. The molecule has 0 spiro atoms. The average molecular weight is 217 g/mol. The van der Waals surface area contributed by atoms with Crippen LogP contribution in [0.2, 0.25) is 0 Å². The summed E-state index contributed by atoms with van der Waals surface area (Å²) in [6, 6.07) is 0.165. The lowest BCUT2D eigenvalue weighted by molar-refractivity contribution is -0.142. The maximum absolute atomic E-state index is 12.6. The van der Waals surface area contributed by atoms with E-state index in [0.29, 0.717) is 23.7 Å². The fraction of sp³-hybridized carbons (Fsp3) is 0.667. The van der Waals surface area contributed by atoms with Gasteiger partial charge in [-0.1, -0.05) is 0 Å². The minimum atomic E-state index is -4.35. The Morgan fingerprint density at radius 3 is 2.80 bits per heavy atom. The van der Waals surface area contributed by atoms with Crippen LogP contribution in [0.1, 0.15) is 35.8 Å². The van der Waals surface area contributed by atoms with Crippen molar-refractivity contribution >= 4 is 0 Å². The summed E-state index contributed by atoms with van der Waals surface area (Å²) in [7, 11) is 0. The molecule has 2 N–H and O–H groups in total. The van der Waals surface area contributed by atoms with Crippen molar-refractivity contribution in [3.8, 4) is 0 Å². The predicted molar refractivity (Wildman–Crippen MR) is 46.2 cm³/mol. The maximum Gasteiger partial charge on any atom is 0.435 e. The second kappa shape index (κ2) is 2.75. The van der Waals surface area contributed by atoms with Crippen LogP contribution in [-0.2, 0) is 12.6 Å². The minimum absolute atomic E-state index is 0.158. The highest BCUT2D eigenvalue weighted by Gasteiger charge is 2.44. The quantitative estimate of drug-likeness (QED) is 0.695. The van der Waals surface area contributed by atoms with E-state index in [1.807, 2.05) is 0 Å². The van der Waals surface area contributed by atoms with Gasteiger partial charge in [-0.2, -0.15) is 18.3 Å². The molecule has 0 radical (unpaired) electrons. The second-order valence-electron chi connectivity index (χ2n) is 4.16. The van der Waals surface area contributed by atoms with Gasteiger partial charge >= 0.3 is 6.18 Å². The molecule has 2 atom stereocenters. The van der Waals surface area contributed by atoms with Crippen LogP contribution < -0.4 is 5.32 Å². The van der Waals surface area contributed by atoms with E-state index in [1.54, 1.807) is 0 Å². The van der Waals surface area contributed by atoms with E-state index in [1.165, 1.54) is 0 Å². The van der Waals surface area contributed by atoms with E-state index in [9.17, 15) is 13.2 Å². The summed E-state index contributed by atoms with van der Waals surface area (Å²) in [4.78, 5) is 0. The Labute approximate surface area is 84.1 Å². The van der Waals surface area contributed by atoms with Gasteiger partial charge in [-0.25, -0.2) is 0 Å². The van der Waals surface area contributed by atoms with Gasteiger partial charge in [0.2, 0.25) is 0 Å². The van der Waals surface area contributed by atoms with Gasteiger partial charge in [-0.3, -0.25) is 5.10 Å². The molecular formula is C9H10F3N3. The molecule has 0 saturated carbocycles. The zero-order valence-electron chi connectivity index (χ0n) is 7.86. The van der Waals surface area contributed by atoms with Crippen LogP contribution in [0.4, 0.5) is 13.2 Å². The SMILES string of the molecule is FC(F)(F)c1n[nH]c2c1[C@H]1CC[C@@H](C2)N1. The molecule has 6 heteroatoms. The van der Waals surface area contributed by atoms with Crippen molar-refractivity contribution in [2.24, 2.45) is 0 Å². The van der Waals surface area contributed by atoms with Crippen molar-refractivity contribution in [1.29, 1.82) is 0 Å². The third kappa shape index (κ3) is 1.27. The Kier molecular flexibility index (Phi) is 1.69. The molecule has 15 heavy (non-hydrogen) atoms. The van der Waals surface area contributed by atoms with Crippen molar-refractivity contribution < 1.29 is 13.2 Å². The number of aromatic amines is 1. The number of halogens is 3. The van der Waals surface area contributed by atoms with Crippen molar-refractivity contribution in [1.82, 2.24) is 15.5 Å².